The predicted octanol–water partition coefficient (Wildman–Crippen LogP) is 5.81. The molecular weight excluding hydrogens is 410 g/mol. The fourth-order valence-corrected chi connectivity index (χ4v) is 5.86. The second-order valence-electron chi connectivity index (χ2n) is 9.92. The molecule has 0 fully saturated rings. The first kappa shape index (κ1) is 21.6. The number of aromatic nitrogens is 1. The lowest BCUT2D eigenvalue weighted by molar-refractivity contribution is -0.119. The summed E-state index contributed by atoms with van der Waals surface area (Å²) >= 11 is 0. The molecule has 0 amide bonds. The third-order valence-electron chi connectivity index (χ3n) is 7.23. The number of hydrogen-bond donors (Lipinski definition) is 1. The molecule has 0 saturated heterocycles. The van der Waals surface area contributed by atoms with Gasteiger partial charge in [-0.25, -0.2) is 0 Å². The number of azo groups is 1. The van der Waals surface area contributed by atoms with Crippen molar-refractivity contribution in [1.82, 2.24) is 10.3 Å². The first-order valence-corrected chi connectivity index (χ1v) is 11.8. The van der Waals surface area contributed by atoms with Crippen molar-refractivity contribution in [3.63, 3.8) is 0 Å². The van der Waals surface area contributed by atoms with Crippen molar-refractivity contribution < 1.29 is 4.79 Å². The molecule has 170 valence electrons. The number of Topliss-reactive ketones (excluding diaryl/α,β-unsaturated/α-hetero) is 1. The number of allylic oxidation sites excluding steroid dienone is 2. The van der Waals surface area contributed by atoms with Crippen LogP contribution in [0.5, 0.6) is 0 Å². The molecule has 0 bridgehead atoms. The first-order valence-electron chi connectivity index (χ1n) is 11.8. The Morgan fingerprint density at radius 1 is 1.12 bits per heavy atom. The zero-order chi connectivity index (χ0) is 23.2. The Morgan fingerprint density at radius 3 is 2.67 bits per heavy atom. The Bertz CT molecular complexity index is 1180. The summed E-state index contributed by atoms with van der Waals surface area (Å²) in [7, 11) is 0. The topological polar surface area (TPSA) is 70.0 Å². The summed E-state index contributed by atoms with van der Waals surface area (Å²) in [5.41, 5.74) is 5.66. The van der Waals surface area contributed by atoms with Crippen molar-refractivity contribution in [2.75, 3.05) is 11.4 Å². The number of nitrogens with zero attached hydrogens (tertiary/aromatic N) is 4. The van der Waals surface area contributed by atoms with E-state index in [1.807, 2.05) is 18.5 Å². The molecule has 6 nitrogen and oxygen atoms in total. The zero-order valence-corrected chi connectivity index (χ0v) is 19.8. The minimum atomic E-state index is -0.535. The summed E-state index contributed by atoms with van der Waals surface area (Å²) in [6, 6.07) is 12.6. The Hall–Kier alpha value is -3.28. The second kappa shape index (κ2) is 7.94. The Labute approximate surface area is 195 Å². The van der Waals surface area contributed by atoms with Crippen LogP contribution in [0.2, 0.25) is 0 Å². The highest BCUT2D eigenvalue weighted by molar-refractivity contribution is 6.01. The van der Waals surface area contributed by atoms with Crippen LogP contribution in [0.25, 0.3) is 0 Å². The van der Waals surface area contributed by atoms with Gasteiger partial charge < -0.3 is 10.2 Å². The van der Waals surface area contributed by atoms with Gasteiger partial charge in [-0.2, -0.15) is 10.2 Å². The van der Waals surface area contributed by atoms with E-state index in [1.54, 1.807) is 6.20 Å². The van der Waals surface area contributed by atoms with E-state index in [0.717, 1.165) is 53.2 Å². The fraction of sp³-hybridized carbons (Fsp3) is 0.407. The van der Waals surface area contributed by atoms with Gasteiger partial charge in [-0.15, -0.1) is 0 Å². The molecule has 0 saturated carbocycles. The Kier molecular flexibility index (Phi) is 5.19. The lowest BCUT2D eigenvalue weighted by Gasteiger charge is -2.48. The molecule has 6 heteroatoms. The second-order valence-corrected chi connectivity index (χ2v) is 9.92. The van der Waals surface area contributed by atoms with E-state index in [1.165, 1.54) is 0 Å². The highest BCUT2D eigenvalue weighted by atomic mass is 16.1. The van der Waals surface area contributed by atoms with Gasteiger partial charge in [0, 0.05) is 41.7 Å². The van der Waals surface area contributed by atoms with Gasteiger partial charge in [0.05, 0.1) is 23.5 Å². The van der Waals surface area contributed by atoms with E-state index >= 15 is 0 Å². The number of carbonyl (C=O) groups is 1. The van der Waals surface area contributed by atoms with Gasteiger partial charge >= 0.3 is 0 Å². The molecule has 0 radical (unpaired) electrons. The van der Waals surface area contributed by atoms with E-state index in [2.05, 4.69) is 83.5 Å². The zero-order valence-electron chi connectivity index (χ0n) is 19.8. The van der Waals surface area contributed by atoms with Crippen LogP contribution in [-0.2, 0) is 10.2 Å². The number of ketones is 1. The molecule has 2 aromatic rings. The standard InChI is InChI=1S/C27H31N5O/c1-5-27(18-9-7-10-19(13-18)32(6-2)20-11-8-12-28-16-20)21-17-29-31-25(21)30-22-14-26(3,4)15-23(33)24(22)27/h7-13,16-17,25,30H,5-6,14-15H2,1-4H3/t25?,27-/m0/s1. The number of nitrogens with one attached hydrogen (secondary N) is 1. The molecule has 1 aromatic heterocycles. The smallest absolute Gasteiger partial charge is 0.164 e. The van der Waals surface area contributed by atoms with Crippen molar-refractivity contribution >= 4 is 17.2 Å². The maximum atomic E-state index is 13.7. The molecule has 33 heavy (non-hydrogen) atoms. The lowest BCUT2D eigenvalue weighted by atomic mass is 9.59. The minimum Gasteiger partial charge on any atom is -0.362 e. The van der Waals surface area contributed by atoms with Gasteiger partial charge in [0.2, 0.25) is 0 Å². The lowest BCUT2D eigenvalue weighted by Crippen LogP contribution is -2.51. The Morgan fingerprint density at radius 2 is 1.94 bits per heavy atom. The normalized spacial score (nSPS) is 25.3. The van der Waals surface area contributed by atoms with E-state index in [9.17, 15) is 4.79 Å². The summed E-state index contributed by atoms with van der Waals surface area (Å²) in [6.45, 7) is 9.45. The highest BCUT2D eigenvalue weighted by Gasteiger charge is 2.53. The number of pyridine rings is 1. The predicted molar refractivity (Wildman–Crippen MR) is 130 cm³/mol. The summed E-state index contributed by atoms with van der Waals surface area (Å²) in [5, 5.41) is 12.3. The average molecular weight is 442 g/mol. The largest absolute Gasteiger partial charge is 0.362 e. The van der Waals surface area contributed by atoms with Crippen molar-refractivity contribution in [1.29, 1.82) is 0 Å². The van der Waals surface area contributed by atoms with Gasteiger partial charge in [-0.3, -0.25) is 9.78 Å². The van der Waals surface area contributed by atoms with Crippen molar-refractivity contribution in [2.24, 2.45) is 15.6 Å². The van der Waals surface area contributed by atoms with Crippen LogP contribution in [0.4, 0.5) is 11.4 Å². The first-order chi connectivity index (χ1) is 15.9. The molecule has 2 aliphatic heterocycles. The maximum absolute atomic E-state index is 13.7. The van der Waals surface area contributed by atoms with Crippen LogP contribution in [0.3, 0.4) is 0 Å². The van der Waals surface area contributed by atoms with Gasteiger partial charge in [-0.05, 0) is 55.0 Å². The highest BCUT2D eigenvalue weighted by Crippen LogP contribution is 2.54. The van der Waals surface area contributed by atoms with Gasteiger partial charge in [0.1, 0.15) is 0 Å². The molecule has 3 heterocycles. The summed E-state index contributed by atoms with van der Waals surface area (Å²) in [5.74, 6) is 0.229. The summed E-state index contributed by atoms with van der Waals surface area (Å²) in [4.78, 5) is 20.2. The van der Waals surface area contributed by atoms with Crippen molar-refractivity contribution in [2.45, 2.75) is 58.5 Å². The van der Waals surface area contributed by atoms with E-state index in [0.29, 0.717) is 6.42 Å². The molecule has 5 rings (SSSR count). The molecule has 1 aromatic carbocycles. The van der Waals surface area contributed by atoms with Crippen molar-refractivity contribution in [3.05, 3.63) is 77.4 Å². The van der Waals surface area contributed by atoms with Crippen LogP contribution in [0, 0.1) is 5.41 Å². The minimum absolute atomic E-state index is 0.0689. The third-order valence-corrected chi connectivity index (χ3v) is 7.23. The van der Waals surface area contributed by atoms with Crippen LogP contribution in [0.15, 0.2) is 82.1 Å². The van der Waals surface area contributed by atoms with Crippen LogP contribution in [0.1, 0.15) is 52.5 Å². The molecule has 3 aliphatic rings. The van der Waals surface area contributed by atoms with Gasteiger partial charge in [0.25, 0.3) is 0 Å². The monoisotopic (exact) mass is 441 g/mol. The number of hydrogen-bond acceptors (Lipinski definition) is 6. The molecule has 2 atom stereocenters. The summed E-state index contributed by atoms with van der Waals surface area (Å²) in [6.07, 6.45) is 7.49. The molecule has 1 aliphatic carbocycles. The molecule has 0 spiro atoms. The average Bonchev–Trinajstić information content (AvgIpc) is 3.27. The van der Waals surface area contributed by atoms with E-state index < -0.39 is 5.41 Å². The van der Waals surface area contributed by atoms with E-state index in [-0.39, 0.29) is 17.4 Å². The SMILES string of the molecule is CCN(c1cccnc1)c1cccc([C@@]2(CC)C3=CN=NC3NC3=C2C(=O)CC(C)(C)C3)c1. The van der Waals surface area contributed by atoms with E-state index in [4.69, 9.17) is 0 Å². The quantitative estimate of drug-likeness (QED) is 0.636. The van der Waals surface area contributed by atoms with Crippen LogP contribution >= 0.6 is 0 Å². The third kappa shape index (κ3) is 3.39. The molecule has 1 unspecified atom stereocenters. The number of rotatable bonds is 5. The maximum Gasteiger partial charge on any atom is 0.164 e. The van der Waals surface area contributed by atoms with Crippen LogP contribution < -0.4 is 10.2 Å². The van der Waals surface area contributed by atoms with Crippen LogP contribution in [-0.4, -0.2) is 23.5 Å². The summed E-state index contributed by atoms with van der Waals surface area (Å²) < 4.78 is 0. The fourth-order valence-electron chi connectivity index (χ4n) is 5.86. The molecule has 1 N–H and O–H groups in total. The Balaban J connectivity index is 1.69. The number of carbonyl (C=O) groups excluding carboxylic acids is 1. The van der Waals surface area contributed by atoms with Crippen molar-refractivity contribution in [3.8, 4) is 0 Å². The van der Waals surface area contributed by atoms with Gasteiger partial charge in [0.15, 0.2) is 11.9 Å². The number of fused-ring (bicyclic) bond motifs is 1. The number of anilines is 2. The molecular formula is C27H31N5O. The van der Waals surface area contributed by atoms with Gasteiger partial charge in [-0.1, -0.05) is 32.9 Å². The number of benzene rings is 1.